The van der Waals surface area contributed by atoms with Crippen LogP contribution in [0, 0.1) is 0 Å². The third-order valence-electron chi connectivity index (χ3n) is 5.15. The number of hydrogen-bond donors (Lipinski definition) is 1. The largest absolute Gasteiger partial charge is 0.454 e. The smallest absolute Gasteiger partial charge is 0.231 e. The maximum atomic E-state index is 10.1. The molecule has 0 saturated carbocycles. The van der Waals surface area contributed by atoms with Crippen LogP contribution in [0.5, 0.6) is 11.5 Å². The van der Waals surface area contributed by atoms with Crippen molar-refractivity contribution in [2.24, 2.45) is 0 Å². The van der Waals surface area contributed by atoms with Crippen LogP contribution in [0.3, 0.4) is 0 Å². The number of aliphatic hydroxyl groups excluding tert-OH is 1. The normalized spacial score (nSPS) is 33.6. The molecule has 0 amide bonds. The predicted octanol–water partition coefficient (Wildman–Crippen LogP) is 1.78. The summed E-state index contributed by atoms with van der Waals surface area (Å²) in [5, 5.41) is 10.1. The Morgan fingerprint density at radius 1 is 1.20 bits per heavy atom. The van der Waals surface area contributed by atoms with Crippen molar-refractivity contribution in [2.75, 3.05) is 13.3 Å². The van der Waals surface area contributed by atoms with Crippen molar-refractivity contribution in [3.05, 3.63) is 34.9 Å². The third kappa shape index (κ3) is 1.38. The summed E-state index contributed by atoms with van der Waals surface area (Å²) in [4.78, 5) is 2.55. The summed E-state index contributed by atoms with van der Waals surface area (Å²) in [6.07, 6.45) is 3.69. The second kappa shape index (κ2) is 3.77. The molecule has 5 rings (SSSR count). The minimum atomic E-state index is -0.303. The zero-order valence-corrected chi connectivity index (χ0v) is 11.2. The van der Waals surface area contributed by atoms with Crippen LogP contribution in [0.1, 0.15) is 29.9 Å². The molecule has 0 radical (unpaired) electrons. The van der Waals surface area contributed by atoms with Crippen molar-refractivity contribution in [3.8, 4) is 11.5 Å². The Labute approximate surface area is 117 Å². The van der Waals surface area contributed by atoms with Crippen molar-refractivity contribution in [1.29, 1.82) is 0 Å². The van der Waals surface area contributed by atoms with E-state index in [0.717, 1.165) is 37.4 Å². The van der Waals surface area contributed by atoms with Crippen LogP contribution in [0.15, 0.2) is 23.8 Å². The Morgan fingerprint density at radius 3 is 2.95 bits per heavy atom. The number of nitrogens with zero attached hydrogens (tertiary/aromatic N) is 1. The first-order chi connectivity index (χ1) is 9.79. The number of fused-ring (bicyclic) bond motifs is 3. The minimum Gasteiger partial charge on any atom is -0.454 e. The molecule has 1 aromatic carbocycles. The number of rotatable bonds is 0. The maximum Gasteiger partial charge on any atom is 0.231 e. The molecule has 104 valence electrons. The molecule has 4 nitrogen and oxygen atoms in total. The first kappa shape index (κ1) is 11.2. The van der Waals surface area contributed by atoms with Gasteiger partial charge in [0.1, 0.15) is 0 Å². The third-order valence-corrected chi connectivity index (χ3v) is 5.15. The molecule has 1 aliphatic carbocycles. The molecule has 4 aliphatic rings. The Balaban J connectivity index is 1.67. The van der Waals surface area contributed by atoms with Crippen LogP contribution >= 0.6 is 0 Å². The zero-order valence-electron chi connectivity index (χ0n) is 11.2. The highest BCUT2D eigenvalue weighted by Crippen LogP contribution is 2.49. The summed E-state index contributed by atoms with van der Waals surface area (Å²) in [7, 11) is 0. The van der Waals surface area contributed by atoms with Gasteiger partial charge in [-0.25, -0.2) is 0 Å². The fourth-order valence-corrected chi connectivity index (χ4v) is 4.37. The average molecular weight is 271 g/mol. The Bertz CT molecular complexity index is 624. The van der Waals surface area contributed by atoms with Gasteiger partial charge in [0.15, 0.2) is 11.5 Å². The Morgan fingerprint density at radius 2 is 2.05 bits per heavy atom. The van der Waals surface area contributed by atoms with Crippen LogP contribution in [-0.4, -0.2) is 35.5 Å². The number of ether oxygens (including phenoxy) is 2. The lowest BCUT2D eigenvalue weighted by molar-refractivity contribution is 0.141. The van der Waals surface area contributed by atoms with E-state index in [0.29, 0.717) is 18.8 Å². The van der Waals surface area contributed by atoms with E-state index < -0.39 is 0 Å². The molecule has 0 unspecified atom stereocenters. The summed E-state index contributed by atoms with van der Waals surface area (Å²) in [6.45, 7) is 2.41. The molecule has 3 atom stereocenters. The van der Waals surface area contributed by atoms with Gasteiger partial charge in [0.05, 0.1) is 6.10 Å². The van der Waals surface area contributed by atoms with Gasteiger partial charge in [0.2, 0.25) is 6.79 Å². The monoisotopic (exact) mass is 271 g/mol. The predicted molar refractivity (Wildman–Crippen MR) is 72.8 cm³/mol. The van der Waals surface area contributed by atoms with E-state index in [1.165, 1.54) is 16.7 Å². The van der Waals surface area contributed by atoms with Gasteiger partial charge in [0, 0.05) is 25.0 Å². The highest BCUT2D eigenvalue weighted by atomic mass is 16.7. The molecule has 4 heteroatoms. The topological polar surface area (TPSA) is 41.9 Å². The fraction of sp³-hybridized carbons (Fsp3) is 0.500. The number of hydrogen-bond acceptors (Lipinski definition) is 4. The molecule has 20 heavy (non-hydrogen) atoms. The fourth-order valence-electron chi connectivity index (χ4n) is 4.37. The van der Waals surface area contributed by atoms with E-state index in [4.69, 9.17) is 9.47 Å². The lowest BCUT2D eigenvalue weighted by atomic mass is 9.75. The first-order valence-corrected chi connectivity index (χ1v) is 7.35. The van der Waals surface area contributed by atoms with E-state index in [2.05, 4.69) is 23.1 Å². The van der Waals surface area contributed by atoms with Gasteiger partial charge in [-0.1, -0.05) is 11.6 Å². The second-order valence-electron chi connectivity index (χ2n) is 6.22. The quantitative estimate of drug-likeness (QED) is 0.730. The van der Waals surface area contributed by atoms with Crippen LogP contribution in [0.2, 0.25) is 0 Å². The second-order valence-corrected chi connectivity index (χ2v) is 6.22. The Kier molecular flexibility index (Phi) is 2.11. The van der Waals surface area contributed by atoms with Gasteiger partial charge in [-0.3, -0.25) is 4.90 Å². The molecule has 3 heterocycles. The maximum absolute atomic E-state index is 10.1. The van der Waals surface area contributed by atoms with Gasteiger partial charge < -0.3 is 14.6 Å². The van der Waals surface area contributed by atoms with Crippen LogP contribution in [0.25, 0.3) is 0 Å². The van der Waals surface area contributed by atoms with Crippen molar-refractivity contribution >= 4 is 0 Å². The summed E-state index contributed by atoms with van der Waals surface area (Å²) in [5.41, 5.74) is 4.12. The van der Waals surface area contributed by atoms with Gasteiger partial charge in [0.25, 0.3) is 0 Å². The first-order valence-electron chi connectivity index (χ1n) is 7.35. The zero-order chi connectivity index (χ0) is 13.3. The molecule has 3 aliphatic heterocycles. The van der Waals surface area contributed by atoms with Crippen molar-refractivity contribution in [2.45, 2.75) is 37.5 Å². The highest BCUT2D eigenvalue weighted by molar-refractivity contribution is 5.52. The van der Waals surface area contributed by atoms with Gasteiger partial charge >= 0.3 is 0 Å². The summed E-state index contributed by atoms with van der Waals surface area (Å²) in [5.74, 6) is 2.13. The lowest BCUT2D eigenvalue weighted by Gasteiger charge is -2.41. The van der Waals surface area contributed by atoms with Crippen LogP contribution in [-0.2, 0) is 6.54 Å². The number of aliphatic hydroxyl groups is 1. The molecule has 0 bridgehead atoms. The van der Waals surface area contributed by atoms with E-state index >= 15 is 0 Å². The molecule has 1 aromatic rings. The molecular weight excluding hydrogens is 254 g/mol. The standard InChI is InChI=1S/C16H17NO3/c18-11-3-9-1-2-17-7-10-4-14-15(20-8-19-14)6-12(10)13(5-11)16(9)17/h3-4,6,11,13,16,18H,1-2,5,7-8H2/t11-,13-,16+/m1/s1. The summed E-state index contributed by atoms with van der Waals surface area (Å²) in [6, 6.07) is 4.77. The van der Waals surface area contributed by atoms with Crippen LogP contribution < -0.4 is 9.47 Å². The summed E-state index contributed by atoms with van der Waals surface area (Å²) >= 11 is 0. The van der Waals surface area contributed by atoms with E-state index in [1.807, 2.05) is 0 Å². The Hall–Kier alpha value is -1.52. The minimum absolute atomic E-state index is 0.303. The van der Waals surface area contributed by atoms with Gasteiger partial charge in [-0.2, -0.15) is 0 Å². The molecule has 1 saturated heterocycles. The molecule has 1 N–H and O–H groups in total. The van der Waals surface area contributed by atoms with Crippen LogP contribution in [0.4, 0.5) is 0 Å². The SMILES string of the molecule is O[C@@H]1C=C2CCN3Cc4cc5c(cc4[C@@H](C1)[C@H]23)OCO5. The van der Waals surface area contributed by atoms with E-state index in [9.17, 15) is 5.11 Å². The lowest BCUT2D eigenvalue weighted by Crippen LogP contribution is -2.42. The molecular formula is C16H17NO3. The molecule has 1 fully saturated rings. The van der Waals surface area contributed by atoms with Crippen molar-refractivity contribution in [1.82, 2.24) is 4.90 Å². The summed E-state index contributed by atoms with van der Waals surface area (Å²) < 4.78 is 11.0. The number of benzene rings is 1. The average Bonchev–Trinajstić information content (AvgIpc) is 3.04. The van der Waals surface area contributed by atoms with E-state index in [-0.39, 0.29) is 6.10 Å². The molecule has 0 spiro atoms. The van der Waals surface area contributed by atoms with Gasteiger partial charge in [-0.15, -0.1) is 0 Å². The molecule has 0 aromatic heterocycles. The highest BCUT2D eigenvalue weighted by Gasteiger charge is 2.44. The van der Waals surface area contributed by atoms with E-state index in [1.54, 1.807) is 0 Å². The van der Waals surface area contributed by atoms with Gasteiger partial charge in [-0.05, 0) is 36.1 Å². The van der Waals surface area contributed by atoms with Crippen molar-refractivity contribution in [3.63, 3.8) is 0 Å². The van der Waals surface area contributed by atoms with Crippen molar-refractivity contribution < 1.29 is 14.6 Å².